The van der Waals surface area contributed by atoms with Crippen LogP contribution < -0.4 is 4.74 Å². The molecule has 0 bridgehead atoms. The molecular formula is C10H11ClO4. The summed E-state index contributed by atoms with van der Waals surface area (Å²) in [5, 5.41) is 18.6. The van der Waals surface area contributed by atoms with Gasteiger partial charge in [-0.2, -0.15) is 0 Å². The standard InChI is InChI=1S/C10H11ClO4/c1-5-6(11)3-4-7(15-2)8(5)9(12)10(13)14/h3-4,9,12H,1-2H3,(H,13,14). The molecule has 1 rings (SSSR count). The van der Waals surface area contributed by atoms with Crippen molar-refractivity contribution in [1.82, 2.24) is 0 Å². The second kappa shape index (κ2) is 4.51. The number of carboxylic acid groups (broad SMARTS) is 1. The number of ether oxygens (including phenoxy) is 1. The molecule has 1 atom stereocenters. The van der Waals surface area contributed by atoms with Crippen LogP contribution in [-0.4, -0.2) is 23.3 Å². The first-order chi connectivity index (χ1) is 6.99. The lowest BCUT2D eigenvalue weighted by Crippen LogP contribution is -2.13. The van der Waals surface area contributed by atoms with Gasteiger partial charge < -0.3 is 14.9 Å². The van der Waals surface area contributed by atoms with Gasteiger partial charge in [-0.15, -0.1) is 0 Å². The first kappa shape index (κ1) is 11.8. The topological polar surface area (TPSA) is 66.8 Å². The van der Waals surface area contributed by atoms with E-state index in [4.69, 9.17) is 21.4 Å². The van der Waals surface area contributed by atoms with Crippen LogP contribution in [0.5, 0.6) is 5.75 Å². The Kier molecular flexibility index (Phi) is 3.55. The number of aliphatic carboxylic acids is 1. The number of benzene rings is 1. The fourth-order valence-corrected chi connectivity index (χ4v) is 1.48. The molecule has 15 heavy (non-hydrogen) atoms. The molecule has 0 saturated heterocycles. The number of carboxylic acids is 1. The smallest absolute Gasteiger partial charge is 0.337 e. The molecule has 0 aliphatic carbocycles. The first-order valence-electron chi connectivity index (χ1n) is 4.23. The molecule has 4 nitrogen and oxygen atoms in total. The lowest BCUT2D eigenvalue weighted by atomic mass is 10.0. The number of aliphatic hydroxyl groups excluding tert-OH is 1. The van der Waals surface area contributed by atoms with Gasteiger partial charge in [-0.3, -0.25) is 0 Å². The summed E-state index contributed by atoms with van der Waals surface area (Å²) < 4.78 is 4.97. The van der Waals surface area contributed by atoms with Crippen LogP contribution in [0.15, 0.2) is 12.1 Å². The molecule has 0 spiro atoms. The van der Waals surface area contributed by atoms with Gasteiger partial charge >= 0.3 is 5.97 Å². The molecule has 1 aromatic carbocycles. The fourth-order valence-electron chi connectivity index (χ4n) is 1.32. The van der Waals surface area contributed by atoms with Crippen molar-refractivity contribution < 1.29 is 19.7 Å². The Morgan fingerprint density at radius 1 is 1.53 bits per heavy atom. The van der Waals surface area contributed by atoms with Crippen LogP contribution in [-0.2, 0) is 4.79 Å². The number of hydrogen-bond acceptors (Lipinski definition) is 3. The van der Waals surface area contributed by atoms with Crippen LogP contribution in [0.2, 0.25) is 5.02 Å². The van der Waals surface area contributed by atoms with E-state index < -0.39 is 12.1 Å². The number of aliphatic hydroxyl groups is 1. The number of rotatable bonds is 3. The molecule has 0 saturated carbocycles. The second-order valence-corrected chi connectivity index (χ2v) is 3.44. The number of hydrogen-bond donors (Lipinski definition) is 2. The molecule has 0 heterocycles. The monoisotopic (exact) mass is 230 g/mol. The highest BCUT2D eigenvalue weighted by Crippen LogP contribution is 2.32. The number of carbonyl (C=O) groups is 1. The summed E-state index contributed by atoms with van der Waals surface area (Å²) in [7, 11) is 1.40. The van der Waals surface area contributed by atoms with Crippen molar-refractivity contribution in [2.45, 2.75) is 13.0 Å². The molecule has 2 N–H and O–H groups in total. The lowest BCUT2D eigenvalue weighted by molar-refractivity contribution is -0.147. The predicted molar refractivity (Wildman–Crippen MR) is 55.3 cm³/mol. The summed E-state index contributed by atoms with van der Waals surface area (Å²) >= 11 is 5.83. The molecule has 82 valence electrons. The van der Waals surface area contributed by atoms with Crippen molar-refractivity contribution in [1.29, 1.82) is 0 Å². The Morgan fingerprint density at radius 3 is 2.60 bits per heavy atom. The number of halogens is 1. The largest absolute Gasteiger partial charge is 0.496 e. The van der Waals surface area contributed by atoms with Gasteiger partial charge in [0.25, 0.3) is 0 Å². The van der Waals surface area contributed by atoms with E-state index in [1.807, 2.05) is 0 Å². The predicted octanol–water partition coefficient (Wildman–Crippen LogP) is 1.78. The highest BCUT2D eigenvalue weighted by atomic mass is 35.5. The Balaban J connectivity index is 3.35. The van der Waals surface area contributed by atoms with Gasteiger partial charge in [-0.1, -0.05) is 11.6 Å². The van der Waals surface area contributed by atoms with Crippen molar-refractivity contribution >= 4 is 17.6 Å². The zero-order valence-electron chi connectivity index (χ0n) is 8.32. The number of methoxy groups -OCH3 is 1. The van der Waals surface area contributed by atoms with Crippen molar-refractivity contribution in [2.75, 3.05) is 7.11 Å². The summed E-state index contributed by atoms with van der Waals surface area (Å²) in [6, 6.07) is 3.12. The van der Waals surface area contributed by atoms with E-state index in [9.17, 15) is 9.90 Å². The Labute approximate surface area is 92.1 Å². The Bertz CT molecular complexity index is 389. The first-order valence-corrected chi connectivity index (χ1v) is 4.60. The van der Waals surface area contributed by atoms with Crippen LogP contribution in [0.1, 0.15) is 17.2 Å². The van der Waals surface area contributed by atoms with E-state index >= 15 is 0 Å². The SMILES string of the molecule is COc1ccc(Cl)c(C)c1C(O)C(=O)O. The molecule has 0 amide bonds. The van der Waals surface area contributed by atoms with E-state index in [0.29, 0.717) is 16.3 Å². The van der Waals surface area contributed by atoms with Gasteiger partial charge in [0, 0.05) is 10.6 Å². The molecule has 0 aliphatic rings. The fraction of sp³-hybridized carbons (Fsp3) is 0.300. The highest BCUT2D eigenvalue weighted by Gasteiger charge is 2.23. The van der Waals surface area contributed by atoms with Crippen LogP contribution in [0.3, 0.4) is 0 Å². The van der Waals surface area contributed by atoms with E-state index in [1.165, 1.54) is 13.2 Å². The lowest BCUT2D eigenvalue weighted by Gasteiger charge is -2.15. The highest BCUT2D eigenvalue weighted by molar-refractivity contribution is 6.31. The molecule has 5 heteroatoms. The molecule has 0 aliphatic heterocycles. The maximum Gasteiger partial charge on any atom is 0.337 e. The van der Waals surface area contributed by atoms with Gasteiger partial charge in [0.1, 0.15) is 5.75 Å². The molecule has 0 aromatic heterocycles. The summed E-state index contributed by atoms with van der Waals surface area (Å²) in [4.78, 5) is 10.7. The average molecular weight is 231 g/mol. The summed E-state index contributed by atoms with van der Waals surface area (Å²) in [5.74, 6) is -1.02. The molecule has 0 radical (unpaired) electrons. The zero-order valence-corrected chi connectivity index (χ0v) is 9.08. The molecular weight excluding hydrogens is 220 g/mol. The van der Waals surface area contributed by atoms with Crippen molar-refractivity contribution in [3.05, 3.63) is 28.3 Å². The van der Waals surface area contributed by atoms with Crippen LogP contribution in [0.25, 0.3) is 0 Å². The van der Waals surface area contributed by atoms with Crippen molar-refractivity contribution in [3.63, 3.8) is 0 Å². The Hall–Kier alpha value is -1.26. The van der Waals surface area contributed by atoms with Crippen molar-refractivity contribution in [3.8, 4) is 5.75 Å². The maximum atomic E-state index is 10.7. The summed E-state index contributed by atoms with van der Waals surface area (Å²) in [6.45, 7) is 1.63. The van der Waals surface area contributed by atoms with E-state index in [-0.39, 0.29) is 5.56 Å². The van der Waals surface area contributed by atoms with Crippen molar-refractivity contribution in [2.24, 2.45) is 0 Å². The quantitative estimate of drug-likeness (QED) is 0.831. The van der Waals surface area contributed by atoms with E-state index in [1.54, 1.807) is 13.0 Å². The third-order valence-corrected chi connectivity index (χ3v) is 2.55. The van der Waals surface area contributed by atoms with Gasteiger partial charge in [0.15, 0.2) is 6.10 Å². The van der Waals surface area contributed by atoms with Gasteiger partial charge in [-0.05, 0) is 24.6 Å². The third kappa shape index (κ3) is 2.22. The minimum Gasteiger partial charge on any atom is -0.496 e. The second-order valence-electron chi connectivity index (χ2n) is 3.03. The average Bonchev–Trinajstić information content (AvgIpc) is 2.20. The molecule has 1 aromatic rings. The minimum absolute atomic E-state index is 0.192. The van der Waals surface area contributed by atoms with Crippen LogP contribution >= 0.6 is 11.6 Å². The molecule has 1 unspecified atom stereocenters. The van der Waals surface area contributed by atoms with Crippen LogP contribution in [0, 0.1) is 6.92 Å². The maximum absolute atomic E-state index is 10.7. The zero-order chi connectivity index (χ0) is 11.6. The summed E-state index contributed by atoms with van der Waals surface area (Å²) in [6.07, 6.45) is -1.63. The van der Waals surface area contributed by atoms with Crippen LogP contribution in [0.4, 0.5) is 0 Å². The van der Waals surface area contributed by atoms with Gasteiger partial charge in [-0.25, -0.2) is 4.79 Å². The van der Waals surface area contributed by atoms with E-state index in [0.717, 1.165) is 0 Å². The minimum atomic E-state index is -1.63. The van der Waals surface area contributed by atoms with E-state index in [2.05, 4.69) is 0 Å². The van der Waals surface area contributed by atoms with Gasteiger partial charge in [0.05, 0.1) is 7.11 Å². The summed E-state index contributed by atoms with van der Waals surface area (Å²) in [5.41, 5.74) is 0.698. The Morgan fingerprint density at radius 2 is 2.13 bits per heavy atom. The van der Waals surface area contributed by atoms with Gasteiger partial charge in [0.2, 0.25) is 0 Å². The third-order valence-electron chi connectivity index (χ3n) is 2.14. The normalized spacial score (nSPS) is 12.3. The molecule has 0 fully saturated rings.